The monoisotopic (exact) mass is 164 g/mol. The van der Waals surface area contributed by atoms with Crippen LogP contribution in [0.15, 0.2) is 24.3 Å². The van der Waals surface area contributed by atoms with Crippen LogP contribution in [0, 0.1) is 0 Å². The molecule has 2 rings (SSSR count). The van der Waals surface area contributed by atoms with Crippen molar-refractivity contribution < 1.29 is 9.84 Å². The number of rotatable bonds is 0. The van der Waals surface area contributed by atoms with Crippen LogP contribution in [-0.4, -0.2) is 11.2 Å². The van der Waals surface area contributed by atoms with Gasteiger partial charge in [0.15, 0.2) is 0 Å². The topological polar surface area (TPSA) is 29.5 Å². The average molecular weight is 164 g/mol. The fourth-order valence-electron chi connectivity index (χ4n) is 1.52. The Balaban J connectivity index is 2.42. The van der Waals surface area contributed by atoms with Crippen molar-refractivity contribution in [2.24, 2.45) is 0 Å². The van der Waals surface area contributed by atoms with Gasteiger partial charge in [0.1, 0.15) is 6.10 Å². The van der Waals surface area contributed by atoms with E-state index in [1.807, 2.05) is 31.2 Å². The Morgan fingerprint density at radius 2 is 2.17 bits per heavy atom. The highest BCUT2D eigenvalue weighted by Gasteiger charge is 2.24. The van der Waals surface area contributed by atoms with Crippen LogP contribution >= 0.6 is 0 Å². The molecule has 1 aromatic rings. The predicted molar refractivity (Wildman–Crippen MR) is 45.7 cm³/mol. The maximum Gasteiger partial charge on any atom is 0.105 e. The highest BCUT2D eigenvalue weighted by Crippen LogP contribution is 2.28. The molecule has 0 spiro atoms. The van der Waals surface area contributed by atoms with Gasteiger partial charge in [0.05, 0.1) is 12.7 Å². The van der Waals surface area contributed by atoms with E-state index in [-0.39, 0.29) is 6.10 Å². The quantitative estimate of drug-likeness (QED) is 0.631. The van der Waals surface area contributed by atoms with Crippen molar-refractivity contribution in [2.45, 2.75) is 25.7 Å². The van der Waals surface area contributed by atoms with Gasteiger partial charge in [-0.25, -0.2) is 0 Å². The minimum atomic E-state index is -0.463. The summed E-state index contributed by atoms with van der Waals surface area (Å²) in [7, 11) is 0. The smallest absolute Gasteiger partial charge is 0.105 e. The van der Waals surface area contributed by atoms with Crippen molar-refractivity contribution in [1.82, 2.24) is 0 Å². The number of fused-ring (bicyclic) bond motifs is 1. The fraction of sp³-hybridized carbons (Fsp3) is 0.400. The van der Waals surface area contributed by atoms with Crippen molar-refractivity contribution in [3.8, 4) is 0 Å². The molecule has 2 atom stereocenters. The van der Waals surface area contributed by atoms with Crippen molar-refractivity contribution >= 4 is 0 Å². The zero-order valence-electron chi connectivity index (χ0n) is 7.03. The molecule has 0 aliphatic carbocycles. The van der Waals surface area contributed by atoms with E-state index < -0.39 is 6.10 Å². The molecule has 0 saturated carbocycles. The number of hydrogen-bond acceptors (Lipinski definition) is 2. The third-order valence-electron chi connectivity index (χ3n) is 2.32. The maximum atomic E-state index is 9.70. The molecule has 1 N–H and O–H groups in total. The van der Waals surface area contributed by atoms with Crippen molar-refractivity contribution in [2.75, 3.05) is 0 Å². The molecule has 0 amide bonds. The number of aliphatic hydroxyl groups is 1. The van der Waals surface area contributed by atoms with Gasteiger partial charge in [-0.05, 0) is 18.1 Å². The molecule has 2 heteroatoms. The number of hydrogen-bond donors (Lipinski definition) is 1. The molecule has 1 aliphatic rings. The second kappa shape index (κ2) is 2.88. The Morgan fingerprint density at radius 3 is 3.00 bits per heavy atom. The van der Waals surface area contributed by atoms with E-state index in [2.05, 4.69) is 0 Å². The highest BCUT2D eigenvalue weighted by atomic mass is 16.5. The summed E-state index contributed by atoms with van der Waals surface area (Å²) in [5.41, 5.74) is 2.11. The van der Waals surface area contributed by atoms with Gasteiger partial charge in [0, 0.05) is 0 Å². The third-order valence-corrected chi connectivity index (χ3v) is 2.32. The van der Waals surface area contributed by atoms with Gasteiger partial charge in [0.2, 0.25) is 0 Å². The van der Waals surface area contributed by atoms with Gasteiger partial charge < -0.3 is 9.84 Å². The Bertz CT molecular complexity index is 283. The Kier molecular flexibility index (Phi) is 1.87. The van der Waals surface area contributed by atoms with E-state index in [1.54, 1.807) is 0 Å². The summed E-state index contributed by atoms with van der Waals surface area (Å²) in [6, 6.07) is 7.86. The van der Waals surface area contributed by atoms with Crippen LogP contribution in [0.3, 0.4) is 0 Å². The lowest BCUT2D eigenvalue weighted by molar-refractivity contribution is -0.0524. The number of ether oxygens (including phenoxy) is 1. The molecule has 1 aliphatic heterocycles. The van der Waals surface area contributed by atoms with E-state index in [0.29, 0.717) is 6.61 Å². The minimum Gasteiger partial charge on any atom is -0.386 e. The van der Waals surface area contributed by atoms with Crippen LogP contribution in [0.5, 0.6) is 0 Å². The van der Waals surface area contributed by atoms with Crippen LogP contribution in [0.2, 0.25) is 0 Å². The fourth-order valence-corrected chi connectivity index (χ4v) is 1.52. The van der Waals surface area contributed by atoms with Gasteiger partial charge in [-0.3, -0.25) is 0 Å². The standard InChI is InChI=1S/C10H12O2/c1-7-10(11)9-5-3-2-4-8(9)6-12-7/h2-5,7,10-11H,6H2,1H3. The molecule has 0 radical (unpaired) electrons. The van der Waals surface area contributed by atoms with Gasteiger partial charge in [0.25, 0.3) is 0 Å². The summed E-state index contributed by atoms with van der Waals surface area (Å²) in [6.07, 6.45) is -0.546. The first-order valence-corrected chi connectivity index (χ1v) is 4.16. The van der Waals surface area contributed by atoms with Crippen molar-refractivity contribution in [3.63, 3.8) is 0 Å². The molecule has 12 heavy (non-hydrogen) atoms. The molecular formula is C10H12O2. The molecule has 2 unspecified atom stereocenters. The second-order valence-electron chi connectivity index (χ2n) is 3.16. The summed E-state index contributed by atoms with van der Waals surface area (Å²) in [4.78, 5) is 0. The lowest BCUT2D eigenvalue weighted by Gasteiger charge is -2.27. The highest BCUT2D eigenvalue weighted by molar-refractivity contribution is 5.30. The molecule has 1 heterocycles. The summed E-state index contributed by atoms with van der Waals surface area (Å²) < 4.78 is 5.37. The average Bonchev–Trinajstić information content (AvgIpc) is 2.12. The maximum absolute atomic E-state index is 9.70. The van der Waals surface area contributed by atoms with E-state index >= 15 is 0 Å². The van der Waals surface area contributed by atoms with Crippen LogP contribution < -0.4 is 0 Å². The lowest BCUT2D eigenvalue weighted by Crippen LogP contribution is -2.24. The molecule has 0 saturated heterocycles. The third kappa shape index (κ3) is 1.13. The minimum absolute atomic E-state index is 0.0834. The first-order valence-electron chi connectivity index (χ1n) is 4.16. The van der Waals surface area contributed by atoms with Crippen LogP contribution in [0.25, 0.3) is 0 Å². The second-order valence-corrected chi connectivity index (χ2v) is 3.16. The van der Waals surface area contributed by atoms with Crippen LogP contribution in [0.4, 0.5) is 0 Å². The van der Waals surface area contributed by atoms with Crippen LogP contribution in [-0.2, 0) is 11.3 Å². The normalized spacial score (nSPS) is 28.2. The zero-order chi connectivity index (χ0) is 8.55. The summed E-state index contributed by atoms with van der Waals surface area (Å²) in [6.45, 7) is 2.51. The first-order chi connectivity index (χ1) is 5.79. The summed E-state index contributed by atoms with van der Waals surface area (Å²) >= 11 is 0. The lowest BCUT2D eigenvalue weighted by atomic mass is 9.97. The Hall–Kier alpha value is -0.860. The largest absolute Gasteiger partial charge is 0.386 e. The van der Waals surface area contributed by atoms with Crippen LogP contribution in [0.1, 0.15) is 24.2 Å². The van der Waals surface area contributed by atoms with E-state index in [1.165, 1.54) is 0 Å². The molecule has 2 nitrogen and oxygen atoms in total. The van der Waals surface area contributed by atoms with Gasteiger partial charge >= 0.3 is 0 Å². The van der Waals surface area contributed by atoms with Gasteiger partial charge in [-0.15, -0.1) is 0 Å². The molecule has 1 aromatic carbocycles. The summed E-state index contributed by atoms with van der Waals surface area (Å²) in [5.74, 6) is 0. The van der Waals surface area contributed by atoms with E-state index in [9.17, 15) is 5.11 Å². The Morgan fingerprint density at radius 1 is 1.42 bits per heavy atom. The van der Waals surface area contributed by atoms with Gasteiger partial charge in [-0.2, -0.15) is 0 Å². The Labute approximate surface area is 71.8 Å². The van der Waals surface area contributed by atoms with Gasteiger partial charge in [-0.1, -0.05) is 24.3 Å². The predicted octanol–water partition coefficient (Wildman–Crippen LogP) is 1.64. The molecule has 64 valence electrons. The molecular weight excluding hydrogens is 152 g/mol. The van der Waals surface area contributed by atoms with E-state index in [4.69, 9.17) is 4.74 Å². The number of aliphatic hydroxyl groups excluding tert-OH is 1. The van der Waals surface area contributed by atoms with Crippen molar-refractivity contribution in [3.05, 3.63) is 35.4 Å². The van der Waals surface area contributed by atoms with E-state index in [0.717, 1.165) is 11.1 Å². The summed E-state index contributed by atoms with van der Waals surface area (Å²) in [5, 5.41) is 9.70. The zero-order valence-corrected chi connectivity index (χ0v) is 7.03. The molecule has 0 bridgehead atoms. The van der Waals surface area contributed by atoms with Crippen molar-refractivity contribution in [1.29, 1.82) is 0 Å². The number of benzene rings is 1. The molecule has 0 fully saturated rings. The first kappa shape index (κ1) is 7.77. The SMILES string of the molecule is CC1OCc2ccccc2C1O. The molecule has 0 aromatic heterocycles.